The second-order valence-corrected chi connectivity index (χ2v) is 5.01. The Hall–Kier alpha value is -0.0800. The summed E-state index contributed by atoms with van der Waals surface area (Å²) in [6, 6.07) is 0. The van der Waals surface area contributed by atoms with E-state index in [2.05, 4.69) is 25.7 Å². The molecule has 0 aliphatic carbocycles. The molecule has 1 heterocycles. The van der Waals surface area contributed by atoms with E-state index in [0.717, 1.165) is 12.5 Å². The normalized spacial score (nSPS) is 32.3. The van der Waals surface area contributed by atoms with Crippen LogP contribution in [0.3, 0.4) is 0 Å². The van der Waals surface area contributed by atoms with E-state index < -0.39 is 0 Å². The molecule has 0 amide bonds. The van der Waals surface area contributed by atoms with E-state index in [0.29, 0.717) is 5.41 Å². The van der Waals surface area contributed by atoms with Gasteiger partial charge in [0.05, 0.1) is 0 Å². The lowest BCUT2D eigenvalue weighted by Gasteiger charge is -2.24. The van der Waals surface area contributed by atoms with Gasteiger partial charge in [-0.3, -0.25) is 0 Å². The number of nitrogens with two attached hydrogens (primary N) is 1. The van der Waals surface area contributed by atoms with Crippen molar-refractivity contribution in [3.8, 4) is 0 Å². The van der Waals surface area contributed by atoms with Crippen molar-refractivity contribution in [2.24, 2.45) is 17.1 Å². The lowest BCUT2D eigenvalue weighted by Crippen LogP contribution is -2.33. The molecule has 1 fully saturated rings. The van der Waals surface area contributed by atoms with Crippen LogP contribution in [0, 0.1) is 11.3 Å². The third kappa shape index (κ3) is 2.96. The van der Waals surface area contributed by atoms with Crippen molar-refractivity contribution in [2.45, 2.75) is 33.6 Å². The van der Waals surface area contributed by atoms with E-state index in [1.165, 1.54) is 32.5 Å². The predicted molar refractivity (Wildman–Crippen MR) is 57.7 cm³/mol. The molecule has 1 rings (SSSR count). The predicted octanol–water partition coefficient (Wildman–Crippen LogP) is 1.70. The highest BCUT2D eigenvalue weighted by molar-refractivity contribution is 4.87. The van der Waals surface area contributed by atoms with Gasteiger partial charge in [0, 0.05) is 13.1 Å². The summed E-state index contributed by atoms with van der Waals surface area (Å²) < 4.78 is 0. The van der Waals surface area contributed by atoms with Gasteiger partial charge in [-0.05, 0) is 30.8 Å². The fourth-order valence-corrected chi connectivity index (χ4v) is 2.02. The maximum atomic E-state index is 5.77. The van der Waals surface area contributed by atoms with Crippen LogP contribution in [-0.4, -0.2) is 31.1 Å². The Morgan fingerprint density at radius 1 is 1.54 bits per heavy atom. The third-order valence-electron chi connectivity index (χ3n) is 3.40. The maximum absolute atomic E-state index is 5.77. The Bertz CT molecular complexity index is 158. The molecule has 0 bridgehead atoms. The molecule has 0 saturated carbocycles. The third-order valence-corrected chi connectivity index (χ3v) is 3.40. The van der Waals surface area contributed by atoms with E-state index in [-0.39, 0.29) is 0 Å². The zero-order valence-electron chi connectivity index (χ0n) is 9.34. The van der Waals surface area contributed by atoms with Crippen LogP contribution >= 0.6 is 0 Å². The smallest absolute Gasteiger partial charge is 0.00480 e. The maximum Gasteiger partial charge on any atom is 0.00480 e. The average molecular weight is 184 g/mol. The second kappa shape index (κ2) is 4.43. The molecule has 1 aliphatic rings. The molecule has 2 nitrogen and oxygen atoms in total. The zero-order chi connectivity index (χ0) is 9.90. The molecule has 0 aromatic carbocycles. The van der Waals surface area contributed by atoms with Crippen molar-refractivity contribution in [2.75, 3.05) is 26.2 Å². The summed E-state index contributed by atoms with van der Waals surface area (Å²) in [5, 5.41) is 0. The summed E-state index contributed by atoms with van der Waals surface area (Å²) >= 11 is 0. The fraction of sp³-hybridized carbons (Fsp3) is 1.00. The summed E-state index contributed by atoms with van der Waals surface area (Å²) in [7, 11) is 0. The highest BCUT2D eigenvalue weighted by atomic mass is 15.2. The Labute approximate surface area is 82.5 Å². The molecule has 1 saturated heterocycles. The number of likely N-dealkylation sites (tertiary alicyclic amines) is 1. The Morgan fingerprint density at radius 2 is 2.23 bits per heavy atom. The SMILES string of the molecule is CCC(C)CN1CCC(C)(CN)C1. The van der Waals surface area contributed by atoms with Crippen LogP contribution in [0.2, 0.25) is 0 Å². The number of nitrogens with zero attached hydrogens (tertiary/aromatic N) is 1. The summed E-state index contributed by atoms with van der Waals surface area (Å²) in [6.45, 7) is 11.5. The van der Waals surface area contributed by atoms with E-state index in [4.69, 9.17) is 5.73 Å². The summed E-state index contributed by atoms with van der Waals surface area (Å²) in [6.07, 6.45) is 2.57. The molecule has 2 heteroatoms. The monoisotopic (exact) mass is 184 g/mol. The van der Waals surface area contributed by atoms with E-state index in [1.54, 1.807) is 0 Å². The summed E-state index contributed by atoms with van der Waals surface area (Å²) in [5.74, 6) is 0.833. The van der Waals surface area contributed by atoms with Gasteiger partial charge in [0.15, 0.2) is 0 Å². The van der Waals surface area contributed by atoms with Gasteiger partial charge in [-0.1, -0.05) is 27.2 Å². The quantitative estimate of drug-likeness (QED) is 0.720. The highest BCUT2D eigenvalue weighted by Gasteiger charge is 2.32. The van der Waals surface area contributed by atoms with Gasteiger partial charge in [-0.2, -0.15) is 0 Å². The van der Waals surface area contributed by atoms with Crippen LogP contribution in [0.25, 0.3) is 0 Å². The first kappa shape index (κ1) is 11.0. The Kier molecular flexibility index (Phi) is 3.74. The van der Waals surface area contributed by atoms with Crippen molar-refractivity contribution in [1.29, 1.82) is 0 Å². The molecular weight excluding hydrogens is 160 g/mol. The first-order valence-electron chi connectivity index (χ1n) is 5.52. The van der Waals surface area contributed by atoms with Crippen molar-refractivity contribution in [3.05, 3.63) is 0 Å². The standard InChI is InChI=1S/C11H24N2/c1-4-10(2)7-13-6-5-11(3,8-12)9-13/h10H,4-9,12H2,1-3H3. The van der Waals surface area contributed by atoms with Crippen LogP contribution in [0.15, 0.2) is 0 Å². The number of hydrogen-bond acceptors (Lipinski definition) is 2. The van der Waals surface area contributed by atoms with Crippen LogP contribution in [0.1, 0.15) is 33.6 Å². The minimum absolute atomic E-state index is 0.396. The lowest BCUT2D eigenvalue weighted by molar-refractivity contribution is 0.247. The molecule has 2 atom stereocenters. The van der Waals surface area contributed by atoms with Crippen molar-refractivity contribution >= 4 is 0 Å². The molecule has 0 aromatic heterocycles. The number of hydrogen-bond donors (Lipinski definition) is 1. The average Bonchev–Trinajstić information content (AvgIpc) is 2.48. The van der Waals surface area contributed by atoms with Crippen LogP contribution in [0.4, 0.5) is 0 Å². The first-order valence-corrected chi connectivity index (χ1v) is 5.52. The second-order valence-electron chi connectivity index (χ2n) is 5.01. The van der Waals surface area contributed by atoms with E-state index in [1.807, 2.05) is 0 Å². The van der Waals surface area contributed by atoms with Crippen LogP contribution in [0.5, 0.6) is 0 Å². The molecule has 78 valence electrons. The molecule has 0 aromatic rings. The van der Waals surface area contributed by atoms with Crippen molar-refractivity contribution < 1.29 is 0 Å². The van der Waals surface area contributed by atoms with Crippen molar-refractivity contribution in [3.63, 3.8) is 0 Å². The molecule has 1 aliphatic heterocycles. The molecule has 0 radical (unpaired) electrons. The van der Waals surface area contributed by atoms with Gasteiger partial charge in [0.1, 0.15) is 0 Å². The van der Waals surface area contributed by atoms with Crippen LogP contribution < -0.4 is 5.73 Å². The number of rotatable bonds is 4. The first-order chi connectivity index (χ1) is 6.09. The minimum atomic E-state index is 0.396. The zero-order valence-corrected chi connectivity index (χ0v) is 9.34. The van der Waals surface area contributed by atoms with E-state index in [9.17, 15) is 0 Å². The van der Waals surface area contributed by atoms with Gasteiger partial charge >= 0.3 is 0 Å². The topological polar surface area (TPSA) is 29.3 Å². The molecular formula is C11H24N2. The van der Waals surface area contributed by atoms with Crippen LogP contribution in [-0.2, 0) is 0 Å². The largest absolute Gasteiger partial charge is 0.330 e. The highest BCUT2D eigenvalue weighted by Crippen LogP contribution is 2.28. The Balaban J connectivity index is 2.33. The molecule has 13 heavy (non-hydrogen) atoms. The van der Waals surface area contributed by atoms with Gasteiger partial charge in [-0.15, -0.1) is 0 Å². The minimum Gasteiger partial charge on any atom is -0.330 e. The summed E-state index contributed by atoms with van der Waals surface area (Å²) in [5.41, 5.74) is 6.16. The molecule has 2 unspecified atom stereocenters. The molecule has 2 N–H and O–H groups in total. The van der Waals surface area contributed by atoms with Gasteiger partial charge in [-0.25, -0.2) is 0 Å². The van der Waals surface area contributed by atoms with Crippen molar-refractivity contribution in [1.82, 2.24) is 4.90 Å². The van der Waals surface area contributed by atoms with Gasteiger partial charge in [0.2, 0.25) is 0 Å². The van der Waals surface area contributed by atoms with Gasteiger partial charge < -0.3 is 10.6 Å². The summed E-state index contributed by atoms with van der Waals surface area (Å²) in [4.78, 5) is 2.57. The van der Waals surface area contributed by atoms with E-state index >= 15 is 0 Å². The lowest BCUT2D eigenvalue weighted by atomic mass is 9.90. The molecule has 0 spiro atoms. The fourth-order valence-electron chi connectivity index (χ4n) is 2.02. The Morgan fingerprint density at radius 3 is 2.69 bits per heavy atom. The van der Waals surface area contributed by atoms with Gasteiger partial charge in [0.25, 0.3) is 0 Å².